The van der Waals surface area contributed by atoms with Gasteiger partial charge in [-0.3, -0.25) is 14.6 Å². The summed E-state index contributed by atoms with van der Waals surface area (Å²) in [5.74, 6) is 0.923. The molecule has 3 rings (SSSR count). The maximum atomic E-state index is 12.1. The molecule has 0 spiro atoms. The van der Waals surface area contributed by atoms with E-state index in [1.54, 1.807) is 30.4 Å². The number of amides is 1. The van der Waals surface area contributed by atoms with Gasteiger partial charge in [0.25, 0.3) is 5.56 Å². The number of hydrogen-bond acceptors (Lipinski definition) is 5. The van der Waals surface area contributed by atoms with E-state index in [2.05, 4.69) is 58.4 Å². The molecule has 6 nitrogen and oxygen atoms in total. The molecule has 0 unspecified atom stereocenters. The maximum absolute atomic E-state index is 12.1. The summed E-state index contributed by atoms with van der Waals surface area (Å²) in [6, 6.07) is 12.3. The summed E-state index contributed by atoms with van der Waals surface area (Å²) in [4.78, 5) is 33.4. The average Bonchev–Trinajstić information content (AvgIpc) is 2.80. The number of unbranched alkanes of at least 4 members (excludes halogenated alkanes) is 3. The number of carbonyl (C=O) groups is 1. The standard InChI is InChI=1S/C17H22N4O2S.C8H10/c22-13-19-7-3-1-2-4-9-24-17-20-12-15(16(23)21-17)10-14-6-5-8-18-11-14;1-7-3-5-8(2)6-4-7/h5-6,8,11-13H,1-4,7,9-10H2,(H,19,22)(H,20,21,23);3-6H,1-2H3. The molecule has 3 aromatic rings. The van der Waals surface area contributed by atoms with Crippen LogP contribution in [0.25, 0.3) is 0 Å². The quantitative estimate of drug-likeness (QED) is 0.194. The lowest BCUT2D eigenvalue weighted by Crippen LogP contribution is -2.14. The summed E-state index contributed by atoms with van der Waals surface area (Å²) < 4.78 is 0. The highest BCUT2D eigenvalue weighted by molar-refractivity contribution is 7.99. The van der Waals surface area contributed by atoms with Crippen molar-refractivity contribution < 1.29 is 4.79 Å². The molecule has 2 heterocycles. The van der Waals surface area contributed by atoms with E-state index in [0.29, 0.717) is 17.1 Å². The summed E-state index contributed by atoms with van der Waals surface area (Å²) in [5.41, 5.74) is 4.21. The number of aromatic amines is 1. The number of aryl methyl sites for hydroxylation is 2. The van der Waals surface area contributed by atoms with Crippen molar-refractivity contribution in [2.75, 3.05) is 12.3 Å². The highest BCUT2D eigenvalue weighted by Crippen LogP contribution is 2.14. The molecule has 0 aliphatic rings. The van der Waals surface area contributed by atoms with Crippen molar-refractivity contribution in [2.24, 2.45) is 0 Å². The van der Waals surface area contributed by atoms with Crippen molar-refractivity contribution in [2.45, 2.75) is 51.1 Å². The van der Waals surface area contributed by atoms with E-state index in [-0.39, 0.29) is 5.56 Å². The number of nitrogens with one attached hydrogen (secondary N) is 2. The van der Waals surface area contributed by atoms with Crippen molar-refractivity contribution in [1.29, 1.82) is 0 Å². The van der Waals surface area contributed by atoms with E-state index >= 15 is 0 Å². The Balaban J connectivity index is 0.000000380. The molecule has 170 valence electrons. The van der Waals surface area contributed by atoms with Crippen LogP contribution < -0.4 is 10.9 Å². The van der Waals surface area contributed by atoms with Crippen LogP contribution in [0.3, 0.4) is 0 Å². The van der Waals surface area contributed by atoms with Gasteiger partial charge >= 0.3 is 0 Å². The number of carbonyl (C=O) groups excluding carboxylic acids is 1. The van der Waals surface area contributed by atoms with E-state index in [9.17, 15) is 9.59 Å². The molecule has 0 aliphatic heterocycles. The fourth-order valence-corrected chi connectivity index (χ4v) is 3.71. The zero-order valence-electron chi connectivity index (χ0n) is 18.8. The summed E-state index contributed by atoms with van der Waals surface area (Å²) in [7, 11) is 0. The Kier molecular flexibility index (Phi) is 11.8. The van der Waals surface area contributed by atoms with Crippen molar-refractivity contribution in [3.05, 3.63) is 87.6 Å². The number of H-pyrrole nitrogens is 1. The van der Waals surface area contributed by atoms with Crippen LogP contribution in [0.15, 0.2) is 64.9 Å². The molecule has 0 bridgehead atoms. The molecular weight excluding hydrogens is 420 g/mol. The zero-order valence-corrected chi connectivity index (χ0v) is 19.7. The van der Waals surface area contributed by atoms with Crippen LogP contribution in [0, 0.1) is 13.8 Å². The third-order valence-electron chi connectivity index (χ3n) is 4.72. The van der Waals surface area contributed by atoms with Crippen LogP contribution in [0.5, 0.6) is 0 Å². The van der Waals surface area contributed by atoms with E-state index in [1.807, 2.05) is 12.1 Å². The van der Waals surface area contributed by atoms with Gasteiger partial charge in [-0.1, -0.05) is 66.1 Å². The van der Waals surface area contributed by atoms with Gasteiger partial charge in [0.15, 0.2) is 5.16 Å². The number of thioether (sulfide) groups is 1. The molecule has 0 radical (unpaired) electrons. The van der Waals surface area contributed by atoms with E-state index < -0.39 is 0 Å². The molecule has 0 fully saturated rings. The van der Waals surface area contributed by atoms with Crippen LogP contribution in [-0.2, 0) is 11.2 Å². The molecule has 0 saturated carbocycles. The Morgan fingerprint density at radius 2 is 1.72 bits per heavy atom. The number of pyridine rings is 1. The van der Waals surface area contributed by atoms with Crippen LogP contribution in [-0.4, -0.2) is 33.7 Å². The summed E-state index contributed by atoms with van der Waals surface area (Å²) >= 11 is 1.57. The largest absolute Gasteiger partial charge is 0.359 e. The predicted octanol–water partition coefficient (Wildman–Crippen LogP) is 4.46. The zero-order chi connectivity index (χ0) is 23.0. The SMILES string of the molecule is Cc1ccc(C)cc1.O=CNCCCCCCSc1ncc(Cc2cccnc2)c(=O)[nH]1. The van der Waals surface area contributed by atoms with Crippen molar-refractivity contribution in [3.8, 4) is 0 Å². The van der Waals surface area contributed by atoms with Gasteiger partial charge in [-0.05, 0) is 38.3 Å². The van der Waals surface area contributed by atoms with Gasteiger partial charge in [0.2, 0.25) is 6.41 Å². The van der Waals surface area contributed by atoms with Crippen LogP contribution >= 0.6 is 11.8 Å². The van der Waals surface area contributed by atoms with E-state index in [1.165, 1.54) is 11.1 Å². The smallest absolute Gasteiger partial charge is 0.255 e. The Labute approximate surface area is 194 Å². The number of benzene rings is 1. The monoisotopic (exact) mass is 452 g/mol. The topological polar surface area (TPSA) is 87.7 Å². The number of aromatic nitrogens is 3. The first-order valence-corrected chi connectivity index (χ1v) is 11.9. The van der Waals surface area contributed by atoms with Crippen molar-refractivity contribution >= 4 is 18.2 Å². The Morgan fingerprint density at radius 3 is 2.34 bits per heavy atom. The second-order valence-corrected chi connectivity index (χ2v) is 8.65. The Hall–Kier alpha value is -2.93. The minimum atomic E-state index is -0.0868. The van der Waals surface area contributed by atoms with Crippen LogP contribution in [0.1, 0.15) is 47.9 Å². The molecule has 1 amide bonds. The molecule has 0 atom stereocenters. The summed E-state index contributed by atoms with van der Waals surface area (Å²) in [6.45, 7) is 4.93. The maximum Gasteiger partial charge on any atom is 0.255 e. The Morgan fingerprint density at radius 1 is 1.00 bits per heavy atom. The second-order valence-electron chi connectivity index (χ2n) is 7.57. The minimum absolute atomic E-state index is 0.0868. The minimum Gasteiger partial charge on any atom is -0.359 e. The first kappa shape index (κ1) is 25.3. The fourth-order valence-electron chi connectivity index (χ4n) is 2.87. The van der Waals surface area contributed by atoms with E-state index in [4.69, 9.17) is 0 Å². The number of nitrogens with zero attached hydrogens (tertiary/aromatic N) is 2. The highest BCUT2D eigenvalue weighted by atomic mass is 32.2. The van der Waals surface area contributed by atoms with Gasteiger partial charge in [0, 0.05) is 42.9 Å². The first-order chi connectivity index (χ1) is 15.6. The normalized spacial score (nSPS) is 10.2. The van der Waals surface area contributed by atoms with Gasteiger partial charge in [-0.2, -0.15) is 0 Å². The molecule has 2 N–H and O–H groups in total. The Bertz CT molecular complexity index is 954. The lowest BCUT2D eigenvalue weighted by molar-refractivity contribution is -0.109. The number of hydrogen-bond donors (Lipinski definition) is 2. The number of rotatable bonds is 11. The van der Waals surface area contributed by atoms with Gasteiger partial charge in [0.05, 0.1) is 0 Å². The average molecular weight is 453 g/mol. The molecular formula is C25H32N4O2S. The first-order valence-electron chi connectivity index (χ1n) is 10.9. The lowest BCUT2D eigenvalue weighted by Gasteiger charge is -2.04. The van der Waals surface area contributed by atoms with Crippen LogP contribution in [0.2, 0.25) is 0 Å². The van der Waals surface area contributed by atoms with E-state index in [0.717, 1.165) is 50.0 Å². The molecule has 1 aromatic carbocycles. The highest BCUT2D eigenvalue weighted by Gasteiger charge is 2.05. The van der Waals surface area contributed by atoms with Crippen molar-refractivity contribution in [3.63, 3.8) is 0 Å². The summed E-state index contributed by atoms with van der Waals surface area (Å²) in [6.07, 6.45) is 10.7. The van der Waals surface area contributed by atoms with Gasteiger partial charge in [-0.25, -0.2) is 4.98 Å². The molecule has 0 aliphatic carbocycles. The molecule has 32 heavy (non-hydrogen) atoms. The predicted molar refractivity (Wildman–Crippen MR) is 131 cm³/mol. The molecule has 7 heteroatoms. The van der Waals surface area contributed by atoms with Gasteiger partial charge < -0.3 is 10.3 Å². The van der Waals surface area contributed by atoms with Crippen LogP contribution in [0.4, 0.5) is 0 Å². The molecule has 0 saturated heterocycles. The van der Waals surface area contributed by atoms with Crippen molar-refractivity contribution in [1.82, 2.24) is 20.3 Å². The lowest BCUT2D eigenvalue weighted by atomic mass is 10.1. The van der Waals surface area contributed by atoms with Gasteiger partial charge in [0.1, 0.15) is 0 Å². The summed E-state index contributed by atoms with van der Waals surface area (Å²) in [5, 5.41) is 3.32. The third-order valence-corrected chi connectivity index (χ3v) is 5.70. The molecule has 2 aromatic heterocycles. The fraction of sp³-hybridized carbons (Fsp3) is 0.360. The van der Waals surface area contributed by atoms with Gasteiger partial charge in [-0.15, -0.1) is 0 Å². The third kappa shape index (κ3) is 10.4. The second kappa shape index (κ2) is 15.0.